The first-order valence-corrected chi connectivity index (χ1v) is 17.9. The van der Waals surface area contributed by atoms with Crippen LogP contribution in [-0.4, -0.2) is 75.9 Å². The second-order valence-electron chi connectivity index (χ2n) is 12.4. The van der Waals surface area contributed by atoms with Gasteiger partial charge in [0.05, 0.1) is 19.3 Å². The molecule has 6 bridgehead atoms. The van der Waals surface area contributed by atoms with Gasteiger partial charge in [0.2, 0.25) is 5.91 Å². The molecular formula is C31H48N4O6S2. The van der Waals surface area contributed by atoms with E-state index in [0.29, 0.717) is 56.4 Å². The first-order chi connectivity index (χ1) is 20.6. The molecule has 3 aliphatic heterocycles. The monoisotopic (exact) mass is 636 g/mol. The summed E-state index contributed by atoms with van der Waals surface area (Å²) in [4.78, 5) is 31.5. The molecule has 0 aromatic heterocycles. The predicted octanol–water partition coefficient (Wildman–Crippen LogP) is 4.13. The van der Waals surface area contributed by atoms with E-state index in [9.17, 15) is 19.8 Å². The Labute approximate surface area is 263 Å². The lowest BCUT2D eigenvalue weighted by Crippen LogP contribution is -2.45. The van der Waals surface area contributed by atoms with Crippen LogP contribution in [0.25, 0.3) is 0 Å². The summed E-state index contributed by atoms with van der Waals surface area (Å²) in [5.41, 5.74) is 12.3. The van der Waals surface area contributed by atoms with Crippen molar-refractivity contribution in [3.05, 3.63) is 23.3 Å². The number of aliphatic hydroxyl groups excluding tert-OH is 1. The number of hydrogen-bond acceptors (Lipinski definition) is 9. The molecule has 10 nitrogen and oxygen atoms in total. The minimum Gasteiger partial charge on any atom is -0.504 e. The average molecular weight is 637 g/mol. The number of nitrogens with zero attached hydrogens (tertiary/aromatic N) is 2. The number of methoxy groups -OCH3 is 1. The third-order valence-electron chi connectivity index (χ3n) is 9.00. The summed E-state index contributed by atoms with van der Waals surface area (Å²) in [5.74, 6) is 2.24. The second kappa shape index (κ2) is 15.6. The minimum atomic E-state index is -0.736. The number of carbonyl (C=O) groups excluding carboxylic acids is 2. The molecule has 5 atom stereocenters. The Hall–Kier alpha value is -2.31. The average Bonchev–Trinajstić information content (AvgIpc) is 3.28. The minimum absolute atomic E-state index is 0.0189. The van der Waals surface area contributed by atoms with Crippen LogP contribution < -0.4 is 16.2 Å². The lowest BCUT2D eigenvalue weighted by Gasteiger charge is -2.42. The highest BCUT2D eigenvalue weighted by atomic mass is 33.1. The van der Waals surface area contributed by atoms with Crippen molar-refractivity contribution in [2.45, 2.75) is 102 Å². The van der Waals surface area contributed by atoms with E-state index < -0.39 is 11.7 Å². The van der Waals surface area contributed by atoms with Crippen LogP contribution in [0.2, 0.25) is 0 Å². The third-order valence-corrected chi connectivity index (χ3v) is 11.5. The first kappa shape index (κ1) is 33.6. The maximum atomic E-state index is 13.1. The van der Waals surface area contributed by atoms with Crippen LogP contribution >= 0.6 is 21.6 Å². The van der Waals surface area contributed by atoms with Crippen molar-refractivity contribution in [1.29, 1.82) is 0 Å². The highest BCUT2D eigenvalue weighted by Gasteiger charge is 2.42. The van der Waals surface area contributed by atoms with Crippen LogP contribution in [0.15, 0.2) is 17.1 Å². The highest BCUT2D eigenvalue weighted by molar-refractivity contribution is 8.76. The Kier molecular flexibility index (Phi) is 12.2. The topological polar surface area (TPSA) is 161 Å². The molecule has 0 radical (unpaired) electrons. The lowest BCUT2D eigenvalue weighted by atomic mass is 9.72. The van der Waals surface area contributed by atoms with Gasteiger partial charge >= 0.3 is 5.97 Å². The van der Waals surface area contributed by atoms with Gasteiger partial charge in [-0.1, -0.05) is 40.5 Å². The Bertz CT molecular complexity index is 1150. The van der Waals surface area contributed by atoms with Crippen molar-refractivity contribution in [2.75, 3.05) is 25.2 Å². The molecule has 12 heteroatoms. The number of nitrogens with two attached hydrogens (primary N) is 2. The number of rotatable bonds is 3. The zero-order valence-corrected chi connectivity index (χ0v) is 27.1. The molecule has 4 aliphatic rings. The molecule has 1 aromatic carbocycles. The molecule has 1 aliphatic carbocycles. The van der Waals surface area contributed by atoms with E-state index in [1.165, 1.54) is 14.0 Å². The first-order valence-electron chi connectivity index (χ1n) is 15.4. The number of aromatic hydroxyl groups is 1. The van der Waals surface area contributed by atoms with E-state index in [4.69, 9.17) is 20.9 Å². The number of carbonyl (C=O) groups is 2. The van der Waals surface area contributed by atoms with Gasteiger partial charge in [-0.25, -0.2) is 4.99 Å². The van der Waals surface area contributed by atoms with Gasteiger partial charge in [0.1, 0.15) is 5.60 Å². The summed E-state index contributed by atoms with van der Waals surface area (Å²) < 4.78 is 11.4. The van der Waals surface area contributed by atoms with Crippen molar-refractivity contribution in [1.82, 2.24) is 4.90 Å². The van der Waals surface area contributed by atoms with Crippen molar-refractivity contribution in [2.24, 2.45) is 28.3 Å². The zero-order chi connectivity index (χ0) is 31.0. The Morgan fingerprint density at radius 2 is 1.98 bits per heavy atom. The van der Waals surface area contributed by atoms with E-state index in [0.717, 1.165) is 49.2 Å². The summed E-state index contributed by atoms with van der Waals surface area (Å²) in [6.07, 6.45) is 7.92. The number of benzene rings is 1. The number of fused-ring (bicyclic) bond motifs is 12. The predicted molar refractivity (Wildman–Crippen MR) is 172 cm³/mol. The normalized spacial score (nSPS) is 29.6. The Morgan fingerprint density at radius 1 is 1.16 bits per heavy atom. The van der Waals surface area contributed by atoms with Crippen LogP contribution in [0.4, 0.5) is 0 Å². The van der Waals surface area contributed by atoms with Crippen LogP contribution in [0.3, 0.4) is 0 Å². The molecule has 1 aromatic rings. The molecule has 43 heavy (non-hydrogen) atoms. The summed E-state index contributed by atoms with van der Waals surface area (Å²) in [5, 5.41) is 22.1. The fraction of sp³-hybridized carbons (Fsp3) is 0.710. The van der Waals surface area contributed by atoms with Gasteiger partial charge in [0.25, 0.3) is 0 Å². The number of phenolic OH excluding ortho intramolecular Hbond substituents is 1. The van der Waals surface area contributed by atoms with Gasteiger partial charge in [-0.15, -0.1) is 0 Å². The zero-order valence-electron chi connectivity index (χ0n) is 25.5. The standard InChI is InChI=1S/C31H48N4O6S2/c1-20(36)41-31-9-7-21-12-24(29(39)27(14-21)40-2)18-35-17-22(15-28(35)38)13-25(34-30(32)33)19-43-42-11-5-3-4-6-23(8-10-31)26(37)16-31/h12,14,22-23,25-26,37,39H,3-11,13,15-19H2,1-2H3,(H4,32,33,34). The Morgan fingerprint density at radius 3 is 2.70 bits per heavy atom. The number of amides is 1. The van der Waals surface area contributed by atoms with Gasteiger partial charge < -0.3 is 36.1 Å². The molecule has 1 saturated heterocycles. The van der Waals surface area contributed by atoms with E-state index in [1.54, 1.807) is 21.8 Å². The molecule has 240 valence electrons. The summed E-state index contributed by atoms with van der Waals surface area (Å²) in [7, 11) is 5.10. The number of ether oxygens (including phenoxy) is 2. The lowest BCUT2D eigenvalue weighted by molar-refractivity contribution is -0.168. The second-order valence-corrected chi connectivity index (χ2v) is 15.0. The molecule has 6 N–H and O–H groups in total. The van der Waals surface area contributed by atoms with Gasteiger partial charge in [-0.2, -0.15) is 0 Å². The number of aryl methyl sites for hydroxylation is 1. The number of aliphatic hydroxyl groups is 1. The third kappa shape index (κ3) is 9.59. The molecule has 2 fully saturated rings. The van der Waals surface area contributed by atoms with E-state index in [-0.39, 0.29) is 48.0 Å². The van der Waals surface area contributed by atoms with Crippen LogP contribution in [0.5, 0.6) is 11.5 Å². The van der Waals surface area contributed by atoms with Crippen LogP contribution in [-0.2, 0) is 27.3 Å². The van der Waals surface area contributed by atoms with Gasteiger partial charge in [-0.3, -0.25) is 9.59 Å². The largest absolute Gasteiger partial charge is 0.504 e. The molecule has 1 saturated carbocycles. The van der Waals surface area contributed by atoms with Gasteiger partial charge in [-0.05, 0) is 68.4 Å². The summed E-state index contributed by atoms with van der Waals surface area (Å²) in [6, 6.07) is 3.64. The molecule has 5 rings (SSSR count). The highest BCUT2D eigenvalue weighted by Crippen LogP contribution is 2.42. The van der Waals surface area contributed by atoms with E-state index >= 15 is 0 Å². The van der Waals surface area contributed by atoms with Crippen LogP contribution in [0.1, 0.15) is 82.3 Å². The maximum absolute atomic E-state index is 13.1. The van der Waals surface area contributed by atoms with Crippen LogP contribution in [0, 0.1) is 11.8 Å². The number of aliphatic imine (C=N–C) groups is 1. The molecule has 5 unspecified atom stereocenters. The quantitative estimate of drug-likeness (QED) is 0.164. The van der Waals surface area contributed by atoms with Gasteiger partial charge in [0, 0.05) is 49.9 Å². The van der Waals surface area contributed by atoms with Crippen molar-refractivity contribution in [3.8, 4) is 11.5 Å². The number of hydrogen-bond donors (Lipinski definition) is 4. The van der Waals surface area contributed by atoms with Crippen molar-refractivity contribution in [3.63, 3.8) is 0 Å². The fourth-order valence-corrected chi connectivity index (χ4v) is 9.25. The number of phenols is 1. The maximum Gasteiger partial charge on any atom is 0.303 e. The fourth-order valence-electron chi connectivity index (χ4n) is 6.88. The smallest absolute Gasteiger partial charge is 0.303 e. The van der Waals surface area contributed by atoms with Crippen molar-refractivity contribution < 1.29 is 29.3 Å². The number of guanidine groups is 1. The molecule has 0 spiro atoms. The molecule has 3 heterocycles. The van der Waals surface area contributed by atoms with E-state index in [1.807, 2.05) is 16.9 Å². The van der Waals surface area contributed by atoms with Crippen molar-refractivity contribution >= 4 is 39.4 Å². The summed E-state index contributed by atoms with van der Waals surface area (Å²) in [6.45, 7) is 2.25. The van der Waals surface area contributed by atoms with E-state index in [2.05, 4.69) is 4.99 Å². The SMILES string of the molecule is COc1cc2cc(c1O)CN1CC(CC1=O)CC(N=C(N)N)CSSCCCCCC1CCC(OC(C)=O)(CC2)CC1O. The van der Waals surface area contributed by atoms with Gasteiger partial charge in [0.15, 0.2) is 17.5 Å². The number of esters is 1. The molecular weight excluding hydrogens is 588 g/mol. The summed E-state index contributed by atoms with van der Waals surface area (Å²) >= 11 is 0. The molecule has 1 amide bonds. The Balaban J connectivity index is 1.57.